The summed E-state index contributed by atoms with van der Waals surface area (Å²) in [7, 11) is 5.70. The summed E-state index contributed by atoms with van der Waals surface area (Å²) in [6.07, 6.45) is 5.99. The maximum atomic E-state index is 12.6. The zero-order chi connectivity index (χ0) is 15.2. The van der Waals surface area contributed by atoms with E-state index in [1.807, 2.05) is 38.4 Å². The molecule has 0 bridgehead atoms. The Hall–Kier alpha value is -1.55. The summed E-state index contributed by atoms with van der Waals surface area (Å²) in [5.74, 6) is 0.950. The predicted octanol–water partition coefficient (Wildman–Crippen LogP) is 1.33. The van der Waals surface area contributed by atoms with Crippen LogP contribution in [0.5, 0.6) is 5.75 Å². The first-order valence-corrected chi connectivity index (χ1v) is 7.86. The fourth-order valence-electron chi connectivity index (χ4n) is 3.07. The Bertz CT molecular complexity index is 450. The van der Waals surface area contributed by atoms with E-state index < -0.39 is 0 Å². The van der Waals surface area contributed by atoms with E-state index in [9.17, 15) is 4.79 Å². The Labute approximate surface area is 127 Å². The molecular formula is C17H27N2O2+. The van der Waals surface area contributed by atoms with Crippen molar-refractivity contribution in [2.45, 2.75) is 44.2 Å². The number of methoxy groups -OCH3 is 1. The van der Waals surface area contributed by atoms with E-state index in [1.165, 1.54) is 19.3 Å². The molecule has 4 heteroatoms. The molecular weight excluding hydrogens is 264 g/mol. The van der Waals surface area contributed by atoms with Crippen molar-refractivity contribution < 1.29 is 14.4 Å². The Morgan fingerprint density at radius 3 is 2.33 bits per heavy atom. The van der Waals surface area contributed by atoms with Crippen LogP contribution in [0.3, 0.4) is 0 Å². The molecule has 0 aliphatic heterocycles. The Balaban J connectivity index is 2.07. The molecule has 2 rings (SSSR count). The molecule has 0 heterocycles. The van der Waals surface area contributed by atoms with E-state index in [2.05, 4.69) is 5.32 Å². The molecule has 0 radical (unpaired) electrons. The Kier molecular flexibility index (Phi) is 5.62. The number of hydrogen-bond acceptors (Lipinski definition) is 2. The molecule has 1 amide bonds. The normalized spacial score (nSPS) is 17.5. The van der Waals surface area contributed by atoms with Crippen LogP contribution < -0.4 is 15.0 Å². The van der Waals surface area contributed by atoms with Crippen LogP contribution in [0.15, 0.2) is 24.3 Å². The summed E-state index contributed by atoms with van der Waals surface area (Å²) < 4.78 is 5.18. The molecule has 1 aromatic carbocycles. The van der Waals surface area contributed by atoms with Gasteiger partial charge in [0.05, 0.1) is 21.2 Å². The smallest absolute Gasteiger partial charge is 0.283 e. The van der Waals surface area contributed by atoms with Crippen molar-refractivity contribution >= 4 is 5.91 Å². The molecule has 1 aliphatic rings. The van der Waals surface area contributed by atoms with Gasteiger partial charge in [-0.25, -0.2) is 0 Å². The monoisotopic (exact) mass is 291 g/mol. The first-order chi connectivity index (χ1) is 10.1. The number of carbonyl (C=O) groups is 1. The van der Waals surface area contributed by atoms with Crippen LogP contribution in [0.2, 0.25) is 0 Å². The van der Waals surface area contributed by atoms with Crippen molar-refractivity contribution in [3.05, 3.63) is 29.8 Å². The second-order valence-corrected chi connectivity index (χ2v) is 6.13. The summed E-state index contributed by atoms with van der Waals surface area (Å²) in [5.41, 5.74) is 1.03. The molecule has 1 unspecified atom stereocenters. The SMILES string of the molecule is COc1ccc(C(C(=O)NC2CCCCC2)[NH+](C)C)cc1. The molecule has 4 nitrogen and oxygen atoms in total. The van der Waals surface area contributed by atoms with Gasteiger partial charge in [0.25, 0.3) is 5.91 Å². The van der Waals surface area contributed by atoms with E-state index in [0.717, 1.165) is 29.1 Å². The van der Waals surface area contributed by atoms with Crippen LogP contribution in [-0.2, 0) is 4.79 Å². The summed E-state index contributed by atoms with van der Waals surface area (Å²) in [6, 6.07) is 7.98. The third-order valence-electron chi connectivity index (χ3n) is 4.24. The molecule has 1 aliphatic carbocycles. The molecule has 21 heavy (non-hydrogen) atoms. The fraction of sp³-hybridized carbons (Fsp3) is 0.588. The Morgan fingerprint density at radius 1 is 1.19 bits per heavy atom. The number of amides is 1. The highest BCUT2D eigenvalue weighted by Crippen LogP contribution is 2.19. The molecule has 0 aromatic heterocycles. The van der Waals surface area contributed by atoms with Gasteiger partial charge < -0.3 is 15.0 Å². The highest BCUT2D eigenvalue weighted by Gasteiger charge is 2.28. The average molecular weight is 291 g/mol. The summed E-state index contributed by atoms with van der Waals surface area (Å²) in [4.78, 5) is 13.8. The van der Waals surface area contributed by atoms with Crippen molar-refractivity contribution in [1.29, 1.82) is 0 Å². The molecule has 2 N–H and O–H groups in total. The van der Waals surface area contributed by atoms with Crippen molar-refractivity contribution in [1.82, 2.24) is 5.32 Å². The van der Waals surface area contributed by atoms with Crippen LogP contribution in [0.1, 0.15) is 43.7 Å². The molecule has 1 aromatic rings. The van der Waals surface area contributed by atoms with Gasteiger partial charge in [-0.15, -0.1) is 0 Å². The number of benzene rings is 1. The maximum absolute atomic E-state index is 12.6. The number of rotatable bonds is 5. The zero-order valence-corrected chi connectivity index (χ0v) is 13.3. The molecule has 0 saturated heterocycles. The van der Waals surface area contributed by atoms with Crippen LogP contribution in [-0.4, -0.2) is 33.2 Å². The second kappa shape index (κ2) is 7.46. The van der Waals surface area contributed by atoms with Crippen molar-refractivity contribution in [3.63, 3.8) is 0 Å². The van der Waals surface area contributed by atoms with Gasteiger partial charge in [-0.05, 0) is 37.1 Å². The predicted molar refractivity (Wildman–Crippen MR) is 83.6 cm³/mol. The lowest BCUT2D eigenvalue weighted by Crippen LogP contribution is -3.07. The zero-order valence-electron chi connectivity index (χ0n) is 13.3. The van der Waals surface area contributed by atoms with Gasteiger partial charge in [0.2, 0.25) is 0 Å². The number of hydrogen-bond donors (Lipinski definition) is 2. The van der Waals surface area contributed by atoms with Crippen LogP contribution >= 0.6 is 0 Å². The molecule has 0 spiro atoms. The molecule has 1 fully saturated rings. The molecule has 116 valence electrons. The number of likely N-dealkylation sites (N-methyl/N-ethyl adjacent to an activating group) is 1. The topological polar surface area (TPSA) is 42.8 Å². The maximum Gasteiger partial charge on any atom is 0.283 e. The van der Waals surface area contributed by atoms with Crippen molar-refractivity contribution in [2.75, 3.05) is 21.2 Å². The molecule has 1 saturated carbocycles. The lowest BCUT2D eigenvalue weighted by Gasteiger charge is -2.27. The number of nitrogens with one attached hydrogen (secondary N) is 2. The van der Waals surface area contributed by atoms with Crippen LogP contribution in [0, 0.1) is 0 Å². The highest BCUT2D eigenvalue weighted by atomic mass is 16.5. The largest absolute Gasteiger partial charge is 0.497 e. The number of carbonyl (C=O) groups excluding carboxylic acids is 1. The van der Waals surface area contributed by atoms with E-state index >= 15 is 0 Å². The van der Waals surface area contributed by atoms with Gasteiger partial charge in [-0.1, -0.05) is 19.3 Å². The fourth-order valence-corrected chi connectivity index (χ4v) is 3.07. The molecule has 1 atom stereocenters. The van der Waals surface area contributed by atoms with Crippen molar-refractivity contribution in [2.24, 2.45) is 0 Å². The first kappa shape index (κ1) is 15.8. The quantitative estimate of drug-likeness (QED) is 0.859. The average Bonchev–Trinajstić information content (AvgIpc) is 2.49. The van der Waals surface area contributed by atoms with Crippen molar-refractivity contribution in [3.8, 4) is 5.75 Å². The third-order valence-corrected chi connectivity index (χ3v) is 4.24. The van der Waals surface area contributed by atoms with Gasteiger partial charge in [-0.2, -0.15) is 0 Å². The van der Waals surface area contributed by atoms with Gasteiger partial charge in [0.15, 0.2) is 6.04 Å². The summed E-state index contributed by atoms with van der Waals surface area (Å²) >= 11 is 0. The van der Waals surface area contributed by atoms with Gasteiger partial charge in [0.1, 0.15) is 5.75 Å². The highest BCUT2D eigenvalue weighted by molar-refractivity contribution is 5.82. The van der Waals surface area contributed by atoms with Gasteiger partial charge >= 0.3 is 0 Å². The standard InChI is InChI=1S/C17H26N2O2/c1-19(2)16(13-9-11-15(21-3)12-10-13)17(20)18-14-7-5-4-6-8-14/h9-12,14,16H,4-8H2,1-3H3,(H,18,20)/p+1. The van der Waals surface area contributed by atoms with Crippen LogP contribution in [0.4, 0.5) is 0 Å². The summed E-state index contributed by atoms with van der Waals surface area (Å²) in [6.45, 7) is 0. The van der Waals surface area contributed by atoms with Crippen LogP contribution in [0.25, 0.3) is 0 Å². The first-order valence-electron chi connectivity index (χ1n) is 7.86. The number of ether oxygens (including phenoxy) is 1. The minimum atomic E-state index is -0.169. The minimum Gasteiger partial charge on any atom is -0.497 e. The Morgan fingerprint density at radius 2 is 1.81 bits per heavy atom. The third kappa shape index (κ3) is 4.21. The summed E-state index contributed by atoms with van der Waals surface area (Å²) in [5, 5.41) is 3.24. The van der Waals surface area contributed by atoms with Gasteiger partial charge in [-0.3, -0.25) is 4.79 Å². The minimum absolute atomic E-state index is 0.132. The number of quaternary nitrogens is 1. The van der Waals surface area contributed by atoms with E-state index in [0.29, 0.717) is 6.04 Å². The van der Waals surface area contributed by atoms with E-state index in [4.69, 9.17) is 4.74 Å². The van der Waals surface area contributed by atoms with E-state index in [1.54, 1.807) is 7.11 Å². The lowest BCUT2D eigenvalue weighted by molar-refractivity contribution is -0.881. The second-order valence-electron chi connectivity index (χ2n) is 6.13. The van der Waals surface area contributed by atoms with Gasteiger partial charge in [0, 0.05) is 11.6 Å². The van der Waals surface area contributed by atoms with E-state index in [-0.39, 0.29) is 11.9 Å². The lowest BCUT2D eigenvalue weighted by atomic mass is 9.95.